The highest BCUT2D eigenvalue weighted by atomic mass is 16.5. The number of nitrogens with zero attached hydrogens (tertiary/aromatic N) is 4. The first-order valence-electron chi connectivity index (χ1n) is 21.5. The molecular weight excluding hydrogens is 825 g/mol. The Bertz CT molecular complexity index is 2560. The summed E-state index contributed by atoms with van der Waals surface area (Å²) in [6.07, 6.45) is 1.25. The van der Waals surface area contributed by atoms with Gasteiger partial charge in [-0.1, -0.05) is 18.2 Å². The quantitative estimate of drug-likeness (QED) is 0.111. The molecule has 18 nitrogen and oxygen atoms in total. The highest BCUT2D eigenvalue weighted by Crippen LogP contribution is 2.44. The van der Waals surface area contributed by atoms with Crippen LogP contribution in [0, 0.1) is 5.92 Å². The van der Waals surface area contributed by atoms with E-state index in [1.165, 1.54) is 28.4 Å². The van der Waals surface area contributed by atoms with Gasteiger partial charge in [0.15, 0.2) is 0 Å². The van der Waals surface area contributed by atoms with E-state index in [4.69, 9.17) is 38.4 Å². The largest absolute Gasteiger partial charge is 0.488 e. The Hall–Kier alpha value is -6.24. The first-order chi connectivity index (χ1) is 30.9. The van der Waals surface area contributed by atoms with Crippen molar-refractivity contribution in [3.63, 3.8) is 0 Å². The van der Waals surface area contributed by atoms with Gasteiger partial charge in [0, 0.05) is 50.8 Å². The summed E-state index contributed by atoms with van der Waals surface area (Å²) < 4.78 is 32.5. The molecule has 64 heavy (non-hydrogen) atoms. The molecule has 8 rings (SSSR count). The van der Waals surface area contributed by atoms with Crippen LogP contribution in [-0.2, 0) is 39.9 Å². The van der Waals surface area contributed by atoms with Crippen LogP contribution < -0.4 is 15.4 Å². The number of amides is 4. The van der Waals surface area contributed by atoms with Crippen molar-refractivity contribution in [2.75, 3.05) is 48.7 Å². The van der Waals surface area contributed by atoms with Crippen LogP contribution >= 0.6 is 0 Å². The van der Waals surface area contributed by atoms with E-state index < -0.39 is 42.5 Å². The van der Waals surface area contributed by atoms with Gasteiger partial charge in [-0.15, -0.1) is 0 Å². The lowest BCUT2D eigenvalue weighted by Crippen LogP contribution is -2.55. The van der Waals surface area contributed by atoms with Gasteiger partial charge in [-0.3, -0.25) is 9.59 Å². The highest BCUT2D eigenvalue weighted by molar-refractivity contribution is 6.07. The van der Waals surface area contributed by atoms with E-state index in [0.717, 1.165) is 61.9 Å². The fourth-order valence-electron chi connectivity index (χ4n) is 9.43. The Labute approximate surface area is 370 Å². The van der Waals surface area contributed by atoms with Gasteiger partial charge in [-0.05, 0) is 86.4 Å². The second-order valence-electron chi connectivity index (χ2n) is 16.9. The van der Waals surface area contributed by atoms with E-state index >= 15 is 0 Å². The summed E-state index contributed by atoms with van der Waals surface area (Å²) in [7, 11) is 7.14. The molecule has 4 amide bonds. The van der Waals surface area contributed by atoms with E-state index in [1.54, 1.807) is 37.0 Å². The van der Waals surface area contributed by atoms with Crippen molar-refractivity contribution in [2.45, 2.75) is 89.1 Å². The molecule has 0 spiro atoms. The van der Waals surface area contributed by atoms with Crippen molar-refractivity contribution >= 4 is 45.8 Å². The number of carbonyl (C=O) groups is 4. The molecule has 3 aromatic carbocycles. The van der Waals surface area contributed by atoms with Crippen molar-refractivity contribution in [2.24, 2.45) is 5.92 Å². The molecule has 2 fully saturated rings. The number of carbonyl (C=O) groups excluding carboxylic acids is 4. The molecule has 2 aromatic heterocycles. The van der Waals surface area contributed by atoms with Gasteiger partial charge < -0.3 is 58.8 Å². The van der Waals surface area contributed by atoms with E-state index in [-0.39, 0.29) is 29.8 Å². The van der Waals surface area contributed by atoms with Gasteiger partial charge in [-0.25, -0.2) is 19.6 Å². The summed E-state index contributed by atoms with van der Waals surface area (Å²) in [5.41, 5.74) is 6.33. The number of benzene rings is 3. The minimum absolute atomic E-state index is 0.0514. The molecule has 4 N–H and O–H groups in total. The number of hydrogen-bond acceptors (Lipinski definition) is 12. The van der Waals surface area contributed by atoms with Crippen LogP contribution in [0.25, 0.3) is 44.2 Å². The number of alkyl carbamates (subject to hydrolysis) is 2. The van der Waals surface area contributed by atoms with Gasteiger partial charge in [0.25, 0.3) is 0 Å². The summed E-state index contributed by atoms with van der Waals surface area (Å²) in [5, 5.41) is 7.19. The second-order valence-corrected chi connectivity index (χ2v) is 16.9. The zero-order valence-electron chi connectivity index (χ0n) is 37.4. The third-order valence-electron chi connectivity index (χ3n) is 13.0. The Balaban J connectivity index is 1.05. The zero-order chi connectivity index (χ0) is 45.4. The normalized spacial score (nSPS) is 21.1. The van der Waals surface area contributed by atoms with Crippen LogP contribution in [0.5, 0.6) is 5.75 Å². The van der Waals surface area contributed by atoms with Crippen LogP contribution in [0.3, 0.4) is 0 Å². The number of aromatic nitrogens is 4. The first-order valence-corrected chi connectivity index (χ1v) is 21.5. The van der Waals surface area contributed by atoms with E-state index in [2.05, 4.69) is 50.9 Å². The minimum atomic E-state index is -0.974. The molecule has 8 atom stereocenters. The number of imidazole rings is 2. The summed E-state index contributed by atoms with van der Waals surface area (Å²) in [5.74, 6) is 1.52. The lowest BCUT2D eigenvalue weighted by Gasteiger charge is -2.33. The average Bonchev–Trinajstić information content (AvgIpc) is 4.14. The predicted molar refractivity (Wildman–Crippen MR) is 235 cm³/mol. The molecule has 0 aliphatic carbocycles. The van der Waals surface area contributed by atoms with Crippen molar-refractivity contribution in [1.29, 1.82) is 0 Å². The van der Waals surface area contributed by atoms with Crippen LogP contribution in [0.2, 0.25) is 0 Å². The second kappa shape index (κ2) is 18.5. The molecule has 18 heteroatoms. The Morgan fingerprint density at radius 2 is 1.56 bits per heavy atom. The maximum Gasteiger partial charge on any atom is 0.407 e. The number of H-pyrrole nitrogens is 2. The number of likely N-dealkylation sites (tertiary alicyclic amines) is 2. The standard InChI is InChI=1S/C46H56N8O10/c1-23-9-14-35(54(23)44(56)39(25(3)61-6)52-46(58)63-8)41-47-19-34(49-41)28-10-12-30-29(16-28)22-64-37-18-31-27(17-32(30)37)11-13-33-40(31)50-42(48-33)36-15-26(21-59-4)20-53(36)43(55)38(24(2)60-5)51-45(57)62-7/h10-13,16-19,23-26,35-36,38-39H,9,14-15,20-22H2,1-8H3,(H,47,49)(H,48,50)(H,51,57)(H,52,58)/t23-,24+,25+,26-,35-,36-,38-,39?/m0/s1. The van der Waals surface area contributed by atoms with E-state index in [0.29, 0.717) is 44.2 Å². The van der Waals surface area contributed by atoms with E-state index in [9.17, 15) is 19.2 Å². The summed E-state index contributed by atoms with van der Waals surface area (Å²) in [6.45, 7) is 6.68. The number of aromatic amines is 2. The lowest BCUT2D eigenvalue weighted by molar-refractivity contribution is -0.139. The lowest BCUT2D eigenvalue weighted by atomic mass is 9.92. The predicted octanol–water partition coefficient (Wildman–Crippen LogP) is 5.77. The Morgan fingerprint density at radius 1 is 0.844 bits per heavy atom. The third-order valence-corrected chi connectivity index (χ3v) is 13.0. The molecule has 5 heterocycles. The maximum absolute atomic E-state index is 14.1. The molecule has 3 aliphatic heterocycles. The van der Waals surface area contributed by atoms with Crippen molar-refractivity contribution < 1.29 is 47.6 Å². The smallest absolute Gasteiger partial charge is 0.407 e. The summed E-state index contributed by atoms with van der Waals surface area (Å²) in [4.78, 5) is 72.9. The van der Waals surface area contributed by atoms with Crippen LogP contribution in [0.4, 0.5) is 9.59 Å². The molecule has 3 aliphatic rings. The number of ether oxygens (including phenoxy) is 6. The monoisotopic (exact) mass is 880 g/mol. The molecule has 340 valence electrons. The Kier molecular flexibility index (Phi) is 12.8. The van der Waals surface area contributed by atoms with Crippen LogP contribution in [-0.4, -0.2) is 133 Å². The fourth-order valence-corrected chi connectivity index (χ4v) is 9.43. The topological polar surface area (TPSA) is 212 Å². The Morgan fingerprint density at radius 3 is 2.25 bits per heavy atom. The number of fused-ring (bicyclic) bond motifs is 6. The SMILES string of the molecule is COC[C@H]1C[C@@H](c2nc3c(ccc4cc5c(cc43)OCc3cc(-c4cnc([C@@H]6CC[C@H](C)N6C(=O)C(NC(=O)OC)[C@@H](C)OC)[nH]4)ccc3-5)[nH]2)N(C(=O)[C@@H](NC(=O)OC)[C@@H](C)OC)C1. The van der Waals surface area contributed by atoms with E-state index in [1.807, 2.05) is 19.1 Å². The number of nitrogens with one attached hydrogen (secondary N) is 4. The molecular formula is C46H56N8O10. The number of methoxy groups -OCH3 is 5. The average molecular weight is 881 g/mol. The van der Waals surface area contributed by atoms with Gasteiger partial charge in [0.05, 0.1) is 68.0 Å². The van der Waals surface area contributed by atoms with Gasteiger partial charge in [0.1, 0.15) is 36.1 Å². The summed E-state index contributed by atoms with van der Waals surface area (Å²) >= 11 is 0. The molecule has 5 aromatic rings. The van der Waals surface area contributed by atoms with Crippen LogP contribution in [0.1, 0.15) is 69.3 Å². The van der Waals surface area contributed by atoms with Crippen molar-refractivity contribution in [1.82, 2.24) is 40.4 Å². The highest BCUT2D eigenvalue weighted by Gasteiger charge is 2.44. The van der Waals surface area contributed by atoms with Crippen molar-refractivity contribution in [3.8, 4) is 28.1 Å². The third kappa shape index (κ3) is 8.32. The molecule has 2 saturated heterocycles. The molecule has 0 bridgehead atoms. The fraction of sp³-hybridized carbons (Fsp3) is 0.478. The van der Waals surface area contributed by atoms with Crippen LogP contribution in [0.15, 0.2) is 48.7 Å². The summed E-state index contributed by atoms with van der Waals surface area (Å²) in [6, 6.07) is 11.8. The first kappa shape index (κ1) is 44.4. The van der Waals surface area contributed by atoms with Gasteiger partial charge in [0.2, 0.25) is 11.8 Å². The van der Waals surface area contributed by atoms with Crippen molar-refractivity contribution in [3.05, 3.63) is 65.9 Å². The maximum atomic E-state index is 14.1. The zero-order valence-corrected chi connectivity index (χ0v) is 37.4. The number of hydrogen-bond donors (Lipinski definition) is 4. The van der Waals surface area contributed by atoms with Gasteiger partial charge >= 0.3 is 12.2 Å². The molecule has 0 saturated carbocycles. The molecule has 0 radical (unpaired) electrons. The molecule has 1 unspecified atom stereocenters. The number of rotatable bonds is 13. The minimum Gasteiger partial charge on any atom is -0.488 e. The van der Waals surface area contributed by atoms with Gasteiger partial charge in [-0.2, -0.15) is 0 Å².